The van der Waals surface area contributed by atoms with E-state index in [9.17, 15) is 4.79 Å². The van der Waals surface area contributed by atoms with Crippen LogP contribution in [0.1, 0.15) is 6.92 Å². The Morgan fingerprint density at radius 2 is 1.88 bits per heavy atom. The Kier molecular flexibility index (Phi) is 4.74. The highest BCUT2D eigenvalue weighted by molar-refractivity contribution is 6.35. The predicted octanol–water partition coefficient (Wildman–Crippen LogP) is 5.92. The standard InChI is InChI=1S/C17H12Cl2N4O/c1-10(24)21-15-7-6-14(12-3-2-8-20-17(12)15)22-23-16-9-11(18)4-5-13(16)19/h2-9H,1H3,(H,21,24). The monoisotopic (exact) mass is 358 g/mol. The lowest BCUT2D eigenvalue weighted by molar-refractivity contribution is -0.114. The molecule has 1 heterocycles. The van der Waals surface area contributed by atoms with E-state index in [1.165, 1.54) is 6.92 Å². The van der Waals surface area contributed by atoms with Crippen molar-refractivity contribution in [3.05, 3.63) is 58.7 Å². The molecule has 0 bridgehead atoms. The number of nitrogens with zero attached hydrogens (tertiary/aromatic N) is 3. The second-order valence-electron chi connectivity index (χ2n) is 5.01. The van der Waals surface area contributed by atoms with Crippen LogP contribution in [0.3, 0.4) is 0 Å². The Morgan fingerprint density at radius 3 is 2.67 bits per heavy atom. The zero-order chi connectivity index (χ0) is 17.1. The van der Waals surface area contributed by atoms with Gasteiger partial charge in [-0.3, -0.25) is 9.78 Å². The van der Waals surface area contributed by atoms with E-state index in [-0.39, 0.29) is 5.91 Å². The molecule has 0 fully saturated rings. The first-order valence-electron chi connectivity index (χ1n) is 7.07. The summed E-state index contributed by atoms with van der Waals surface area (Å²) < 4.78 is 0. The number of carbonyl (C=O) groups excluding carboxylic acids is 1. The van der Waals surface area contributed by atoms with Gasteiger partial charge in [-0.05, 0) is 42.5 Å². The lowest BCUT2D eigenvalue weighted by atomic mass is 10.1. The molecule has 3 rings (SSSR count). The number of hydrogen-bond donors (Lipinski definition) is 1. The van der Waals surface area contributed by atoms with Crippen molar-refractivity contribution >= 4 is 57.1 Å². The van der Waals surface area contributed by atoms with Gasteiger partial charge in [-0.1, -0.05) is 23.2 Å². The summed E-state index contributed by atoms with van der Waals surface area (Å²) in [7, 11) is 0. The van der Waals surface area contributed by atoms with E-state index < -0.39 is 0 Å². The highest BCUT2D eigenvalue weighted by Crippen LogP contribution is 2.33. The van der Waals surface area contributed by atoms with Crippen LogP contribution in [0.25, 0.3) is 10.9 Å². The van der Waals surface area contributed by atoms with Gasteiger partial charge >= 0.3 is 0 Å². The molecule has 0 saturated heterocycles. The van der Waals surface area contributed by atoms with Gasteiger partial charge in [0, 0.05) is 23.5 Å². The third kappa shape index (κ3) is 3.53. The fourth-order valence-corrected chi connectivity index (χ4v) is 2.53. The Balaban J connectivity index is 2.06. The lowest BCUT2D eigenvalue weighted by Crippen LogP contribution is -2.06. The zero-order valence-corrected chi connectivity index (χ0v) is 14.1. The molecule has 0 unspecified atom stereocenters. The van der Waals surface area contributed by atoms with E-state index in [1.807, 2.05) is 6.07 Å². The topological polar surface area (TPSA) is 66.7 Å². The Morgan fingerprint density at radius 1 is 1.08 bits per heavy atom. The first-order chi connectivity index (χ1) is 11.5. The highest BCUT2D eigenvalue weighted by atomic mass is 35.5. The minimum Gasteiger partial charge on any atom is -0.324 e. The second-order valence-corrected chi connectivity index (χ2v) is 5.85. The summed E-state index contributed by atoms with van der Waals surface area (Å²) in [5.41, 5.74) is 2.36. The van der Waals surface area contributed by atoms with E-state index in [2.05, 4.69) is 20.5 Å². The molecule has 3 aromatic rings. The van der Waals surface area contributed by atoms with Gasteiger partial charge in [0.2, 0.25) is 5.91 Å². The van der Waals surface area contributed by atoms with Crippen LogP contribution in [0.5, 0.6) is 0 Å². The van der Waals surface area contributed by atoms with Crippen molar-refractivity contribution in [3.63, 3.8) is 0 Å². The maximum atomic E-state index is 11.3. The summed E-state index contributed by atoms with van der Waals surface area (Å²) in [5.74, 6) is -0.165. The van der Waals surface area contributed by atoms with E-state index in [1.54, 1.807) is 42.6 Å². The first-order valence-corrected chi connectivity index (χ1v) is 7.82. The quantitative estimate of drug-likeness (QED) is 0.590. The molecule has 0 aliphatic heterocycles. The van der Waals surface area contributed by atoms with Gasteiger partial charge in [0.25, 0.3) is 0 Å². The van der Waals surface area contributed by atoms with Crippen molar-refractivity contribution in [3.8, 4) is 0 Å². The Hall–Kier alpha value is -2.50. The van der Waals surface area contributed by atoms with Crippen LogP contribution in [0.15, 0.2) is 58.9 Å². The van der Waals surface area contributed by atoms with Crippen molar-refractivity contribution in [1.82, 2.24) is 4.98 Å². The molecule has 0 atom stereocenters. The third-order valence-corrected chi connectivity index (χ3v) is 3.79. The van der Waals surface area contributed by atoms with E-state index in [0.717, 1.165) is 5.39 Å². The highest BCUT2D eigenvalue weighted by Gasteiger charge is 2.08. The number of nitrogens with one attached hydrogen (secondary N) is 1. The smallest absolute Gasteiger partial charge is 0.221 e. The number of rotatable bonds is 3. The van der Waals surface area contributed by atoms with Crippen molar-refractivity contribution in [2.75, 3.05) is 5.32 Å². The zero-order valence-electron chi connectivity index (χ0n) is 12.6. The SMILES string of the molecule is CC(=O)Nc1ccc(N=Nc2cc(Cl)ccc2Cl)c2cccnc12. The first kappa shape index (κ1) is 16.4. The summed E-state index contributed by atoms with van der Waals surface area (Å²) in [6.45, 7) is 1.45. The molecule has 1 amide bonds. The van der Waals surface area contributed by atoms with Crippen molar-refractivity contribution in [1.29, 1.82) is 0 Å². The van der Waals surface area contributed by atoms with E-state index in [4.69, 9.17) is 23.2 Å². The molecule has 0 spiro atoms. The number of aromatic nitrogens is 1. The maximum Gasteiger partial charge on any atom is 0.221 e. The molecule has 0 saturated carbocycles. The second kappa shape index (κ2) is 6.95. The molecule has 0 aliphatic carbocycles. The molecule has 0 aliphatic rings. The summed E-state index contributed by atoms with van der Waals surface area (Å²) >= 11 is 12.0. The number of hydrogen-bond acceptors (Lipinski definition) is 4. The normalized spacial score (nSPS) is 11.1. The molecule has 7 heteroatoms. The maximum absolute atomic E-state index is 11.3. The van der Waals surface area contributed by atoms with Crippen molar-refractivity contribution in [2.45, 2.75) is 6.92 Å². The average Bonchev–Trinajstić information content (AvgIpc) is 2.56. The molecule has 0 radical (unpaired) electrons. The molecular formula is C17H12Cl2N4O. The number of carbonyl (C=O) groups is 1. The minimum atomic E-state index is -0.165. The largest absolute Gasteiger partial charge is 0.324 e. The van der Waals surface area contributed by atoms with Crippen LogP contribution in [0.4, 0.5) is 17.1 Å². The van der Waals surface area contributed by atoms with Gasteiger partial charge in [0.05, 0.1) is 21.9 Å². The van der Waals surface area contributed by atoms with E-state index >= 15 is 0 Å². The van der Waals surface area contributed by atoms with Gasteiger partial charge in [-0.25, -0.2) is 0 Å². The van der Waals surface area contributed by atoms with Crippen LogP contribution >= 0.6 is 23.2 Å². The van der Waals surface area contributed by atoms with Crippen LogP contribution < -0.4 is 5.32 Å². The van der Waals surface area contributed by atoms with Gasteiger partial charge in [-0.2, -0.15) is 0 Å². The van der Waals surface area contributed by atoms with Crippen molar-refractivity contribution in [2.24, 2.45) is 10.2 Å². The summed E-state index contributed by atoms with van der Waals surface area (Å²) in [4.78, 5) is 15.6. The number of anilines is 1. The fraction of sp³-hybridized carbons (Fsp3) is 0.0588. The molecule has 120 valence electrons. The predicted molar refractivity (Wildman–Crippen MR) is 96.7 cm³/mol. The molecule has 1 aromatic heterocycles. The Bertz CT molecular complexity index is 956. The van der Waals surface area contributed by atoms with Crippen LogP contribution in [0.2, 0.25) is 10.0 Å². The fourth-order valence-electron chi connectivity index (χ4n) is 2.21. The molecule has 1 N–H and O–H groups in total. The number of benzene rings is 2. The molecule has 5 nitrogen and oxygen atoms in total. The van der Waals surface area contributed by atoms with Crippen LogP contribution in [-0.2, 0) is 4.79 Å². The van der Waals surface area contributed by atoms with Crippen LogP contribution in [-0.4, -0.2) is 10.9 Å². The number of pyridine rings is 1. The molecule has 24 heavy (non-hydrogen) atoms. The lowest BCUT2D eigenvalue weighted by Gasteiger charge is -2.07. The number of azo groups is 1. The van der Waals surface area contributed by atoms with Gasteiger partial charge < -0.3 is 5.32 Å². The summed E-state index contributed by atoms with van der Waals surface area (Å²) in [5, 5.41) is 12.9. The van der Waals surface area contributed by atoms with Gasteiger partial charge in [0.1, 0.15) is 5.69 Å². The summed E-state index contributed by atoms with van der Waals surface area (Å²) in [6.07, 6.45) is 1.66. The minimum absolute atomic E-state index is 0.165. The third-order valence-electron chi connectivity index (χ3n) is 3.23. The van der Waals surface area contributed by atoms with Gasteiger partial charge in [-0.15, -0.1) is 10.2 Å². The molecular weight excluding hydrogens is 347 g/mol. The Labute approximate surface area is 148 Å². The van der Waals surface area contributed by atoms with Crippen LogP contribution in [0, 0.1) is 0 Å². The number of fused-ring (bicyclic) bond motifs is 1. The number of halogens is 2. The summed E-state index contributed by atoms with van der Waals surface area (Å²) in [6, 6.07) is 12.1. The average molecular weight is 359 g/mol. The molecule has 2 aromatic carbocycles. The van der Waals surface area contributed by atoms with E-state index in [0.29, 0.717) is 32.6 Å². The number of amides is 1. The van der Waals surface area contributed by atoms with Gasteiger partial charge in [0.15, 0.2) is 0 Å². The van der Waals surface area contributed by atoms with Crippen molar-refractivity contribution < 1.29 is 4.79 Å².